The molecule has 262 valence electrons. The molecule has 0 unspecified atom stereocenters. The van der Waals surface area contributed by atoms with Crippen LogP contribution < -0.4 is 0 Å². The van der Waals surface area contributed by atoms with Gasteiger partial charge in [0.15, 0.2) is 0 Å². The molecule has 0 fully saturated rings. The summed E-state index contributed by atoms with van der Waals surface area (Å²) < 4.78 is 2.71. The Kier molecular flexibility index (Phi) is 6.66. The largest absolute Gasteiger partial charge is 0.135 e. The summed E-state index contributed by atoms with van der Waals surface area (Å²) in [5, 5.41) is 12.9. The molecular weight excluding hydrogens is 693 g/mol. The number of hydrogen-bond donors (Lipinski definition) is 0. The van der Waals surface area contributed by atoms with Crippen LogP contribution in [-0.2, 0) is 5.41 Å². The molecule has 1 heterocycles. The standard InChI is InChI=1S/C55H36S/c1-55(2)49-24-10-9-18-40(49)46-32-52-48(31-50(46)55)47-29-36-26-25-35(28-38(36)30-51(47)56-52)34-15-11-16-37(27-34)53-42-19-5-7-21-44(42)54(45-22-8-6-20-43(45)53)41-23-12-14-33-13-3-4-17-39(33)41/h3-32H,1-2H3. The molecule has 0 radical (unpaired) electrons. The third kappa shape index (κ3) is 4.53. The highest BCUT2D eigenvalue weighted by Crippen LogP contribution is 2.52. The molecule has 1 aliphatic carbocycles. The van der Waals surface area contributed by atoms with Crippen LogP contribution in [0.1, 0.15) is 25.0 Å². The predicted molar refractivity (Wildman–Crippen MR) is 243 cm³/mol. The zero-order valence-corrected chi connectivity index (χ0v) is 32.0. The highest BCUT2D eigenvalue weighted by molar-refractivity contribution is 7.26. The van der Waals surface area contributed by atoms with Gasteiger partial charge in [0.2, 0.25) is 0 Å². The maximum absolute atomic E-state index is 2.48. The predicted octanol–water partition coefficient (Wildman–Crippen LogP) is 16.0. The molecule has 0 saturated carbocycles. The van der Waals surface area contributed by atoms with E-state index in [2.05, 4.69) is 196 Å². The summed E-state index contributed by atoms with van der Waals surface area (Å²) in [4.78, 5) is 0. The van der Waals surface area contributed by atoms with Gasteiger partial charge in [0.25, 0.3) is 0 Å². The molecule has 0 atom stereocenters. The fraction of sp³-hybridized carbons (Fsp3) is 0.0545. The van der Waals surface area contributed by atoms with Crippen LogP contribution >= 0.6 is 11.3 Å². The smallest absolute Gasteiger partial charge is 0.0361 e. The van der Waals surface area contributed by atoms with Crippen LogP contribution in [0, 0.1) is 0 Å². The van der Waals surface area contributed by atoms with Crippen LogP contribution in [0.15, 0.2) is 182 Å². The fourth-order valence-electron chi connectivity index (χ4n) is 9.92. The van der Waals surface area contributed by atoms with Crippen molar-refractivity contribution in [2.75, 3.05) is 0 Å². The minimum absolute atomic E-state index is 0.00787. The minimum Gasteiger partial charge on any atom is -0.135 e. The quantitative estimate of drug-likeness (QED) is 0.159. The number of hydrogen-bond acceptors (Lipinski definition) is 1. The molecule has 12 rings (SSSR count). The first-order valence-corrected chi connectivity index (χ1v) is 20.4. The molecule has 0 nitrogen and oxygen atoms in total. The lowest BCUT2D eigenvalue weighted by molar-refractivity contribution is 0.661. The van der Waals surface area contributed by atoms with Crippen LogP contribution in [-0.4, -0.2) is 0 Å². The lowest BCUT2D eigenvalue weighted by Crippen LogP contribution is -2.14. The SMILES string of the molecule is CC1(C)c2ccccc2-c2cc3sc4cc5cc(-c6cccc(-c7c8ccccc8c(-c8cccc9ccccc89)c8ccccc78)c6)ccc5cc4c3cc21. The Balaban J connectivity index is 1.00. The molecule has 1 aromatic heterocycles. The van der Waals surface area contributed by atoms with Crippen LogP contribution in [0.4, 0.5) is 0 Å². The van der Waals surface area contributed by atoms with Gasteiger partial charge in [0.1, 0.15) is 0 Å². The number of rotatable bonds is 3. The van der Waals surface area contributed by atoms with E-state index in [-0.39, 0.29) is 5.41 Å². The second kappa shape index (κ2) is 11.7. The lowest BCUT2D eigenvalue weighted by Gasteiger charge is -2.21. The van der Waals surface area contributed by atoms with Gasteiger partial charge >= 0.3 is 0 Å². The summed E-state index contributed by atoms with van der Waals surface area (Å²) in [6.07, 6.45) is 0. The van der Waals surface area contributed by atoms with Crippen LogP contribution in [0.25, 0.3) is 108 Å². The summed E-state index contributed by atoms with van der Waals surface area (Å²) >= 11 is 1.92. The first-order chi connectivity index (χ1) is 27.5. The monoisotopic (exact) mass is 728 g/mol. The van der Waals surface area contributed by atoms with E-state index >= 15 is 0 Å². The summed E-state index contributed by atoms with van der Waals surface area (Å²) in [5.74, 6) is 0. The van der Waals surface area contributed by atoms with Gasteiger partial charge in [0, 0.05) is 25.6 Å². The molecule has 0 aliphatic heterocycles. The van der Waals surface area contributed by atoms with Crippen LogP contribution in [0.3, 0.4) is 0 Å². The molecule has 11 aromatic rings. The van der Waals surface area contributed by atoms with Crippen molar-refractivity contribution < 1.29 is 0 Å². The molecule has 0 saturated heterocycles. The first-order valence-electron chi connectivity index (χ1n) is 19.6. The maximum atomic E-state index is 2.48. The summed E-state index contributed by atoms with van der Waals surface area (Å²) in [6, 6.07) is 68.3. The van der Waals surface area contributed by atoms with Gasteiger partial charge in [-0.25, -0.2) is 0 Å². The van der Waals surface area contributed by atoms with Gasteiger partial charge in [-0.3, -0.25) is 0 Å². The van der Waals surface area contributed by atoms with Gasteiger partial charge < -0.3 is 0 Å². The van der Waals surface area contributed by atoms with Gasteiger partial charge in [-0.1, -0.05) is 159 Å². The van der Waals surface area contributed by atoms with Crippen molar-refractivity contribution in [1.29, 1.82) is 0 Å². The normalized spacial score (nSPS) is 13.3. The third-order valence-electron chi connectivity index (χ3n) is 12.6. The zero-order valence-electron chi connectivity index (χ0n) is 31.2. The Hall–Kier alpha value is -6.54. The van der Waals surface area contributed by atoms with Gasteiger partial charge in [-0.15, -0.1) is 11.3 Å². The number of fused-ring (bicyclic) bond motifs is 10. The van der Waals surface area contributed by atoms with Crippen LogP contribution in [0.5, 0.6) is 0 Å². The minimum atomic E-state index is -0.00787. The van der Waals surface area contributed by atoms with E-state index < -0.39 is 0 Å². The molecule has 0 spiro atoms. The Morgan fingerprint density at radius 3 is 1.71 bits per heavy atom. The average Bonchev–Trinajstić information content (AvgIpc) is 3.70. The molecule has 0 N–H and O–H groups in total. The molecule has 10 aromatic carbocycles. The van der Waals surface area contributed by atoms with Gasteiger partial charge in [-0.2, -0.15) is 0 Å². The Labute approximate surface area is 329 Å². The Morgan fingerprint density at radius 2 is 0.911 bits per heavy atom. The van der Waals surface area contributed by atoms with Crippen molar-refractivity contribution in [3.8, 4) is 44.5 Å². The second-order valence-corrected chi connectivity index (χ2v) is 17.1. The van der Waals surface area contributed by atoms with Crippen molar-refractivity contribution in [3.63, 3.8) is 0 Å². The van der Waals surface area contributed by atoms with E-state index in [0.29, 0.717) is 0 Å². The van der Waals surface area contributed by atoms with E-state index in [1.54, 1.807) is 0 Å². The Morgan fingerprint density at radius 1 is 0.321 bits per heavy atom. The molecule has 0 amide bonds. The summed E-state index contributed by atoms with van der Waals surface area (Å²) in [7, 11) is 0. The van der Waals surface area contributed by atoms with Crippen molar-refractivity contribution in [3.05, 3.63) is 193 Å². The third-order valence-corrected chi connectivity index (χ3v) is 13.7. The number of thiophene rings is 1. The second-order valence-electron chi connectivity index (χ2n) is 16.0. The van der Waals surface area contributed by atoms with Gasteiger partial charge in [-0.05, 0) is 135 Å². The molecule has 56 heavy (non-hydrogen) atoms. The summed E-state index contributed by atoms with van der Waals surface area (Å²) in [5.41, 5.74) is 13.2. The molecular formula is C55H36S. The van der Waals surface area contributed by atoms with Crippen molar-refractivity contribution in [2.24, 2.45) is 0 Å². The fourth-order valence-corrected chi connectivity index (χ4v) is 11.1. The van der Waals surface area contributed by atoms with E-state index in [1.165, 1.54) is 119 Å². The van der Waals surface area contributed by atoms with E-state index in [0.717, 1.165) is 0 Å². The summed E-state index contributed by atoms with van der Waals surface area (Å²) in [6.45, 7) is 4.74. The van der Waals surface area contributed by atoms with E-state index in [1.807, 2.05) is 11.3 Å². The van der Waals surface area contributed by atoms with E-state index in [4.69, 9.17) is 0 Å². The highest BCUT2D eigenvalue weighted by atomic mass is 32.1. The molecule has 0 bridgehead atoms. The maximum Gasteiger partial charge on any atom is 0.0361 e. The Bertz CT molecular complexity index is 3390. The average molecular weight is 729 g/mol. The van der Waals surface area contributed by atoms with Crippen LogP contribution in [0.2, 0.25) is 0 Å². The van der Waals surface area contributed by atoms with Crippen molar-refractivity contribution >= 4 is 74.6 Å². The van der Waals surface area contributed by atoms with Gasteiger partial charge in [0.05, 0.1) is 0 Å². The van der Waals surface area contributed by atoms with Crippen molar-refractivity contribution in [2.45, 2.75) is 19.3 Å². The topological polar surface area (TPSA) is 0 Å². The zero-order chi connectivity index (χ0) is 37.1. The van der Waals surface area contributed by atoms with E-state index in [9.17, 15) is 0 Å². The van der Waals surface area contributed by atoms with Crippen molar-refractivity contribution in [1.82, 2.24) is 0 Å². The first kappa shape index (κ1) is 31.8. The lowest BCUT2D eigenvalue weighted by atomic mass is 9.82. The molecule has 1 aliphatic rings. The molecule has 1 heteroatoms. The highest BCUT2D eigenvalue weighted by Gasteiger charge is 2.35. The number of benzene rings is 10.